The van der Waals surface area contributed by atoms with E-state index >= 15 is 0 Å². The van der Waals surface area contributed by atoms with E-state index in [9.17, 15) is 19.7 Å². The number of carbonyl (C=O) groups excluding carboxylic acids is 2. The molecule has 0 unspecified atom stereocenters. The fraction of sp³-hybridized carbons (Fsp3) is 0.176. The topological polar surface area (TPSA) is 114 Å². The summed E-state index contributed by atoms with van der Waals surface area (Å²) in [6.07, 6.45) is 2.78. The molecule has 0 saturated heterocycles. The molecular formula is C17H17N3O5. The van der Waals surface area contributed by atoms with Crippen LogP contribution >= 0.6 is 0 Å². The van der Waals surface area contributed by atoms with Gasteiger partial charge in [0.2, 0.25) is 0 Å². The monoisotopic (exact) mass is 343 g/mol. The number of hydrogen-bond acceptors (Lipinski definition) is 5. The van der Waals surface area contributed by atoms with Crippen molar-refractivity contribution in [2.75, 3.05) is 0 Å². The predicted molar refractivity (Wildman–Crippen MR) is 90.5 cm³/mol. The molecule has 2 rings (SSSR count). The third-order valence-corrected chi connectivity index (χ3v) is 3.07. The molecule has 0 aliphatic carbocycles. The quantitative estimate of drug-likeness (QED) is 0.475. The van der Waals surface area contributed by atoms with E-state index in [-0.39, 0.29) is 23.2 Å². The summed E-state index contributed by atoms with van der Waals surface area (Å²) in [7, 11) is 0. The number of nitro benzene ring substituents is 1. The van der Waals surface area contributed by atoms with Crippen LogP contribution < -0.4 is 10.6 Å². The zero-order chi connectivity index (χ0) is 18.4. The fourth-order valence-corrected chi connectivity index (χ4v) is 1.95. The first-order valence-electron chi connectivity index (χ1n) is 7.48. The van der Waals surface area contributed by atoms with Crippen LogP contribution in [-0.4, -0.2) is 22.8 Å². The lowest BCUT2D eigenvalue weighted by atomic mass is 10.1. The molecule has 0 bridgehead atoms. The molecule has 0 spiro atoms. The molecule has 25 heavy (non-hydrogen) atoms. The highest BCUT2D eigenvalue weighted by Crippen LogP contribution is 2.14. The van der Waals surface area contributed by atoms with Gasteiger partial charge in [0.1, 0.15) is 5.70 Å². The first-order valence-corrected chi connectivity index (χ1v) is 7.48. The number of amides is 2. The number of nitrogens with one attached hydrogen (secondary N) is 2. The molecule has 130 valence electrons. The molecule has 2 aromatic rings. The van der Waals surface area contributed by atoms with E-state index in [2.05, 4.69) is 10.6 Å². The van der Waals surface area contributed by atoms with E-state index in [1.165, 1.54) is 42.7 Å². The average Bonchev–Trinajstić information content (AvgIpc) is 3.08. The third-order valence-electron chi connectivity index (χ3n) is 3.07. The summed E-state index contributed by atoms with van der Waals surface area (Å²) in [4.78, 5) is 34.6. The van der Waals surface area contributed by atoms with E-state index in [0.29, 0.717) is 5.56 Å². The van der Waals surface area contributed by atoms with E-state index in [0.717, 1.165) is 0 Å². The molecule has 1 heterocycles. The van der Waals surface area contributed by atoms with Gasteiger partial charge in [0.05, 0.1) is 11.2 Å². The van der Waals surface area contributed by atoms with Crippen molar-refractivity contribution in [3.05, 3.63) is 69.8 Å². The van der Waals surface area contributed by atoms with Gasteiger partial charge in [-0.1, -0.05) is 0 Å². The minimum Gasteiger partial charge on any atom is -0.459 e. The van der Waals surface area contributed by atoms with Gasteiger partial charge in [0, 0.05) is 18.2 Å². The van der Waals surface area contributed by atoms with Crippen LogP contribution in [0.25, 0.3) is 6.08 Å². The fourth-order valence-electron chi connectivity index (χ4n) is 1.95. The maximum absolute atomic E-state index is 12.3. The Kier molecular flexibility index (Phi) is 5.67. The van der Waals surface area contributed by atoms with Crippen LogP contribution in [0.15, 0.2) is 52.8 Å². The van der Waals surface area contributed by atoms with Crippen LogP contribution in [0.4, 0.5) is 5.69 Å². The molecule has 1 aromatic carbocycles. The number of furan rings is 1. The summed E-state index contributed by atoms with van der Waals surface area (Å²) in [5.41, 5.74) is 0.466. The van der Waals surface area contributed by atoms with Gasteiger partial charge in [-0.25, -0.2) is 0 Å². The van der Waals surface area contributed by atoms with Gasteiger partial charge in [-0.3, -0.25) is 19.7 Å². The van der Waals surface area contributed by atoms with Gasteiger partial charge in [0.25, 0.3) is 17.5 Å². The standard InChI is InChI=1S/C17H17N3O5/c1-11(2)18-16(21)14(19-17(22)15-4-3-9-25-15)10-12-5-7-13(8-6-12)20(23)24/h3-11H,1-2H3,(H,18,21)(H,19,22)/b14-10+. The second-order valence-electron chi connectivity index (χ2n) is 5.47. The SMILES string of the molecule is CC(C)NC(=O)/C(=C\c1ccc([N+](=O)[O-])cc1)NC(=O)c1ccco1. The minimum absolute atomic E-state index is 0.00366. The summed E-state index contributed by atoms with van der Waals surface area (Å²) in [5, 5.41) is 15.9. The summed E-state index contributed by atoms with van der Waals surface area (Å²) < 4.78 is 5.00. The Bertz CT molecular complexity index is 792. The molecule has 2 N–H and O–H groups in total. The van der Waals surface area contributed by atoms with Crippen molar-refractivity contribution in [2.45, 2.75) is 19.9 Å². The Morgan fingerprint density at radius 1 is 1.20 bits per heavy atom. The molecule has 8 nitrogen and oxygen atoms in total. The van der Waals surface area contributed by atoms with Crippen LogP contribution in [-0.2, 0) is 4.79 Å². The van der Waals surface area contributed by atoms with Crippen LogP contribution in [0.1, 0.15) is 30.0 Å². The maximum Gasteiger partial charge on any atom is 0.291 e. The van der Waals surface area contributed by atoms with E-state index in [4.69, 9.17) is 4.42 Å². The zero-order valence-electron chi connectivity index (χ0n) is 13.7. The summed E-state index contributed by atoms with van der Waals surface area (Å²) >= 11 is 0. The third kappa shape index (κ3) is 5.03. The minimum atomic E-state index is -0.572. The largest absolute Gasteiger partial charge is 0.459 e. The zero-order valence-corrected chi connectivity index (χ0v) is 13.7. The van der Waals surface area contributed by atoms with Crippen LogP contribution in [0, 0.1) is 10.1 Å². The lowest BCUT2D eigenvalue weighted by molar-refractivity contribution is -0.384. The average molecular weight is 343 g/mol. The Morgan fingerprint density at radius 3 is 2.40 bits per heavy atom. The lowest BCUT2D eigenvalue weighted by Crippen LogP contribution is -2.38. The number of carbonyl (C=O) groups is 2. The van der Waals surface area contributed by atoms with Crippen molar-refractivity contribution in [3.8, 4) is 0 Å². The highest BCUT2D eigenvalue weighted by Gasteiger charge is 2.17. The highest BCUT2D eigenvalue weighted by atomic mass is 16.6. The second kappa shape index (κ2) is 7.91. The molecule has 0 radical (unpaired) electrons. The number of hydrogen-bond donors (Lipinski definition) is 2. The number of benzene rings is 1. The van der Waals surface area contributed by atoms with Crippen molar-refractivity contribution < 1.29 is 18.9 Å². The van der Waals surface area contributed by atoms with Crippen LogP contribution in [0.2, 0.25) is 0 Å². The van der Waals surface area contributed by atoms with E-state index in [1.807, 2.05) is 0 Å². The Morgan fingerprint density at radius 2 is 1.88 bits per heavy atom. The highest BCUT2D eigenvalue weighted by molar-refractivity contribution is 6.04. The van der Waals surface area contributed by atoms with Crippen molar-refractivity contribution >= 4 is 23.6 Å². The molecular weight excluding hydrogens is 326 g/mol. The first-order chi connectivity index (χ1) is 11.9. The van der Waals surface area contributed by atoms with Gasteiger partial charge in [-0.05, 0) is 49.8 Å². The van der Waals surface area contributed by atoms with Crippen LogP contribution in [0.5, 0.6) is 0 Å². The van der Waals surface area contributed by atoms with Gasteiger partial charge >= 0.3 is 0 Å². The maximum atomic E-state index is 12.3. The smallest absolute Gasteiger partial charge is 0.291 e. The number of nitro groups is 1. The summed E-state index contributed by atoms with van der Waals surface area (Å²) in [5.74, 6) is -0.989. The molecule has 0 aliphatic rings. The van der Waals surface area contributed by atoms with Crippen molar-refractivity contribution in [1.29, 1.82) is 0 Å². The first kappa shape index (κ1) is 17.9. The van der Waals surface area contributed by atoms with Crippen molar-refractivity contribution in [2.24, 2.45) is 0 Å². The Labute approximate surface area is 143 Å². The molecule has 0 atom stereocenters. The molecule has 0 aliphatic heterocycles. The second-order valence-corrected chi connectivity index (χ2v) is 5.47. The summed E-state index contributed by atoms with van der Waals surface area (Å²) in [6.45, 7) is 3.57. The van der Waals surface area contributed by atoms with Gasteiger partial charge < -0.3 is 15.1 Å². The van der Waals surface area contributed by atoms with Gasteiger partial charge in [-0.15, -0.1) is 0 Å². The number of nitrogens with zero attached hydrogens (tertiary/aromatic N) is 1. The van der Waals surface area contributed by atoms with Crippen molar-refractivity contribution in [3.63, 3.8) is 0 Å². The van der Waals surface area contributed by atoms with Crippen molar-refractivity contribution in [1.82, 2.24) is 10.6 Å². The molecule has 0 fully saturated rings. The Balaban J connectivity index is 2.27. The Hall–Kier alpha value is -3.42. The molecule has 2 amide bonds. The number of rotatable bonds is 6. The molecule has 1 aromatic heterocycles. The lowest BCUT2D eigenvalue weighted by Gasteiger charge is -2.12. The van der Waals surface area contributed by atoms with E-state index in [1.54, 1.807) is 19.9 Å². The summed E-state index contributed by atoms with van der Waals surface area (Å²) in [6, 6.07) is 8.51. The van der Waals surface area contributed by atoms with Gasteiger partial charge in [-0.2, -0.15) is 0 Å². The normalized spacial score (nSPS) is 11.2. The number of non-ortho nitro benzene ring substituents is 1. The van der Waals surface area contributed by atoms with E-state index < -0.39 is 16.7 Å². The molecule has 8 heteroatoms. The predicted octanol–water partition coefficient (Wildman–Crippen LogP) is 2.48. The van der Waals surface area contributed by atoms with Crippen LogP contribution in [0.3, 0.4) is 0 Å². The van der Waals surface area contributed by atoms with Gasteiger partial charge in [0.15, 0.2) is 5.76 Å². The molecule has 0 saturated carbocycles.